The number of rotatable bonds is 8. The molecule has 3 atom stereocenters. The maximum Gasteiger partial charge on any atom is 0.246 e. The number of aliphatic hydroxyl groups excluding tert-OH is 1. The summed E-state index contributed by atoms with van der Waals surface area (Å²) >= 11 is 1.59. The number of benzene rings is 1. The molecule has 0 aliphatic carbocycles. The van der Waals surface area contributed by atoms with Crippen LogP contribution in [0.25, 0.3) is 10.4 Å². The quantitative estimate of drug-likeness (QED) is 0.376. The first-order valence-electron chi connectivity index (χ1n) is 13.9. The first-order valence-corrected chi connectivity index (χ1v) is 14.8. The summed E-state index contributed by atoms with van der Waals surface area (Å²) in [6, 6.07) is 6.34. The molecule has 1 spiro atoms. The normalized spacial score (nSPS) is 22.9. The van der Waals surface area contributed by atoms with Gasteiger partial charge in [-0.05, 0) is 23.5 Å². The zero-order valence-corrected chi connectivity index (χ0v) is 24.5. The van der Waals surface area contributed by atoms with E-state index in [2.05, 4.69) is 25.8 Å². The Bertz CT molecular complexity index is 1240. The first-order chi connectivity index (χ1) is 18.9. The second kappa shape index (κ2) is 11.2. The topological polar surface area (TPSA) is 127 Å². The predicted octanol–water partition coefficient (Wildman–Crippen LogP) is 1.13. The molecule has 0 radical (unpaired) electrons. The highest BCUT2D eigenvalue weighted by Crippen LogP contribution is 2.34. The maximum absolute atomic E-state index is 13.8. The molecule has 0 saturated carbocycles. The second-order valence-corrected chi connectivity index (χ2v) is 13.5. The van der Waals surface area contributed by atoms with Crippen LogP contribution in [0.4, 0.5) is 0 Å². The number of thiazole rings is 1. The smallest absolute Gasteiger partial charge is 0.246 e. The summed E-state index contributed by atoms with van der Waals surface area (Å²) in [6.45, 7) is 12.0. The fourth-order valence-electron chi connectivity index (χ4n) is 5.91. The average molecular weight is 569 g/mol. The van der Waals surface area contributed by atoms with Crippen LogP contribution in [0.2, 0.25) is 0 Å². The Morgan fingerprint density at radius 2 is 1.90 bits per heavy atom. The van der Waals surface area contributed by atoms with Crippen molar-refractivity contribution in [3.8, 4) is 10.4 Å². The van der Waals surface area contributed by atoms with Gasteiger partial charge in [0, 0.05) is 51.1 Å². The largest absolute Gasteiger partial charge is 0.391 e. The second-order valence-electron chi connectivity index (χ2n) is 12.7. The van der Waals surface area contributed by atoms with Crippen molar-refractivity contribution in [2.45, 2.75) is 58.8 Å². The number of likely N-dealkylation sites (tertiary alicyclic amines) is 2. The van der Waals surface area contributed by atoms with Crippen LogP contribution in [0.15, 0.2) is 29.8 Å². The van der Waals surface area contributed by atoms with Crippen LogP contribution in [0.1, 0.15) is 38.4 Å². The molecule has 10 nitrogen and oxygen atoms in total. The van der Waals surface area contributed by atoms with E-state index in [1.165, 1.54) is 4.90 Å². The zero-order valence-electron chi connectivity index (χ0n) is 23.7. The fourth-order valence-corrected chi connectivity index (χ4v) is 6.72. The number of aromatic nitrogens is 1. The molecule has 216 valence electrons. The van der Waals surface area contributed by atoms with Gasteiger partial charge >= 0.3 is 0 Å². The van der Waals surface area contributed by atoms with Crippen LogP contribution in [0.5, 0.6) is 0 Å². The third-order valence-electron chi connectivity index (χ3n) is 8.20. The summed E-state index contributed by atoms with van der Waals surface area (Å²) in [7, 11) is 0. The first kappa shape index (κ1) is 28.7. The number of β-amino-alcohol motifs (C(OH)–C–C–N with tert-alkyl or cyclic N) is 1. The standard InChI is InChI=1S/C29H40N6O4S/c1-18-24(40-17-32-18)20-7-5-19(6-8-20)10-31-26(38)22-9-21(36)11-35(22)27(39)25(28(2,3)4)33-23(37)12-34-15-29(16-34)13-30-14-29/h5-8,17,21-22,25,30,36H,9-16H2,1-4H3,(H,31,38)(H,33,37)/t21-,22+,25?/m1/s1. The number of aliphatic hydroxyl groups is 1. The molecule has 3 aliphatic rings. The molecule has 1 unspecified atom stereocenters. The Morgan fingerprint density at radius 1 is 1.20 bits per heavy atom. The van der Waals surface area contributed by atoms with Crippen molar-refractivity contribution in [2.75, 3.05) is 39.3 Å². The van der Waals surface area contributed by atoms with Crippen molar-refractivity contribution in [3.05, 3.63) is 41.0 Å². The molecular formula is C29H40N6O4S. The van der Waals surface area contributed by atoms with Crippen molar-refractivity contribution in [1.29, 1.82) is 0 Å². The Hall–Kier alpha value is -2.86. The molecule has 0 bridgehead atoms. The lowest BCUT2D eigenvalue weighted by atomic mass is 9.74. The monoisotopic (exact) mass is 568 g/mol. The lowest BCUT2D eigenvalue weighted by Crippen LogP contribution is -2.72. The van der Waals surface area contributed by atoms with Gasteiger partial charge in [-0.15, -0.1) is 11.3 Å². The van der Waals surface area contributed by atoms with Crippen LogP contribution in [-0.4, -0.2) is 95.1 Å². The Morgan fingerprint density at radius 3 is 2.48 bits per heavy atom. The van der Waals surface area contributed by atoms with Gasteiger partial charge in [0.05, 0.1) is 28.7 Å². The van der Waals surface area contributed by atoms with E-state index in [1.807, 2.05) is 57.5 Å². The summed E-state index contributed by atoms with van der Waals surface area (Å²) in [5.74, 6) is -0.857. The number of carbonyl (C=O) groups excluding carboxylic acids is 3. The lowest BCUT2D eigenvalue weighted by molar-refractivity contribution is -0.144. The van der Waals surface area contributed by atoms with E-state index in [-0.39, 0.29) is 37.2 Å². The number of carbonyl (C=O) groups is 3. The summed E-state index contributed by atoms with van der Waals surface area (Å²) in [5.41, 5.74) is 4.56. The molecule has 3 fully saturated rings. The van der Waals surface area contributed by atoms with E-state index in [0.717, 1.165) is 47.9 Å². The van der Waals surface area contributed by atoms with Gasteiger partial charge in [0.25, 0.3) is 0 Å². The molecule has 5 rings (SSSR count). The molecule has 2 aromatic rings. The van der Waals surface area contributed by atoms with Gasteiger partial charge in [0.1, 0.15) is 12.1 Å². The summed E-state index contributed by atoms with van der Waals surface area (Å²) in [4.78, 5) is 48.9. The van der Waals surface area contributed by atoms with Gasteiger partial charge in [-0.25, -0.2) is 4.98 Å². The average Bonchev–Trinajstić information content (AvgIpc) is 3.46. The minimum Gasteiger partial charge on any atom is -0.391 e. The van der Waals surface area contributed by atoms with Crippen molar-refractivity contribution in [3.63, 3.8) is 0 Å². The molecule has 1 aromatic carbocycles. The van der Waals surface area contributed by atoms with E-state index in [0.29, 0.717) is 12.0 Å². The summed E-state index contributed by atoms with van der Waals surface area (Å²) in [5, 5.41) is 19.6. The van der Waals surface area contributed by atoms with Gasteiger partial charge < -0.3 is 26.0 Å². The Balaban J connectivity index is 1.19. The molecule has 40 heavy (non-hydrogen) atoms. The lowest BCUT2D eigenvalue weighted by Gasteiger charge is -2.56. The van der Waals surface area contributed by atoms with E-state index in [4.69, 9.17) is 0 Å². The third-order valence-corrected chi connectivity index (χ3v) is 9.17. The van der Waals surface area contributed by atoms with E-state index < -0.39 is 23.6 Å². The highest BCUT2D eigenvalue weighted by atomic mass is 32.1. The van der Waals surface area contributed by atoms with Gasteiger partial charge in [0.15, 0.2) is 0 Å². The molecule has 1 aromatic heterocycles. The summed E-state index contributed by atoms with van der Waals surface area (Å²) < 4.78 is 0. The number of nitrogens with zero attached hydrogens (tertiary/aromatic N) is 3. The minimum atomic E-state index is -0.816. The van der Waals surface area contributed by atoms with Crippen molar-refractivity contribution >= 4 is 29.1 Å². The van der Waals surface area contributed by atoms with Gasteiger partial charge in [-0.1, -0.05) is 45.0 Å². The number of hydrogen-bond donors (Lipinski definition) is 4. The predicted molar refractivity (Wildman–Crippen MR) is 153 cm³/mol. The molecule has 11 heteroatoms. The molecular weight excluding hydrogens is 528 g/mol. The number of hydrogen-bond acceptors (Lipinski definition) is 8. The van der Waals surface area contributed by atoms with Crippen LogP contribution in [0, 0.1) is 17.8 Å². The summed E-state index contributed by atoms with van der Waals surface area (Å²) in [6.07, 6.45) is -0.637. The molecule has 3 saturated heterocycles. The molecule has 3 amide bonds. The van der Waals surface area contributed by atoms with E-state index in [9.17, 15) is 19.5 Å². The SMILES string of the molecule is Cc1ncsc1-c1ccc(CNC(=O)[C@@H]2C[C@@H](O)CN2C(=O)C(NC(=O)CN2CC3(CNC3)C2)C(C)(C)C)cc1. The van der Waals surface area contributed by atoms with Gasteiger partial charge in [0.2, 0.25) is 17.7 Å². The van der Waals surface area contributed by atoms with E-state index in [1.54, 1.807) is 11.3 Å². The van der Waals surface area contributed by atoms with Crippen molar-refractivity contribution in [1.82, 2.24) is 30.7 Å². The maximum atomic E-state index is 13.8. The number of amides is 3. The molecule has 4 heterocycles. The highest BCUT2D eigenvalue weighted by Gasteiger charge is 2.48. The Labute approximate surface area is 239 Å². The Kier molecular flexibility index (Phi) is 8.02. The number of aryl methyl sites for hydroxylation is 1. The number of nitrogens with one attached hydrogen (secondary N) is 3. The van der Waals surface area contributed by atoms with Crippen LogP contribution in [0.3, 0.4) is 0 Å². The fraction of sp³-hybridized carbons (Fsp3) is 0.586. The van der Waals surface area contributed by atoms with Crippen LogP contribution < -0.4 is 16.0 Å². The molecule has 3 aliphatic heterocycles. The third kappa shape index (κ3) is 6.07. The highest BCUT2D eigenvalue weighted by molar-refractivity contribution is 7.13. The van der Waals surface area contributed by atoms with Gasteiger partial charge in [-0.3, -0.25) is 19.3 Å². The van der Waals surface area contributed by atoms with Gasteiger partial charge in [-0.2, -0.15) is 0 Å². The molecule has 4 N–H and O–H groups in total. The van der Waals surface area contributed by atoms with Crippen molar-refractivity contribution < 1.29 is 19.5 Å². The van der Waals surface area contributed by atoms with E-state index >= 15 is 0 Å². The zero-order chi connectivity index (χ0) is 28.7. The minimum absolute atomic E-state index is 0.0594. The van der Waals surface area contributed by atoms with Crippen LogP contribution in [-0.2, 0) is 20.9 Å². The van der Waals surface area contributed by atoms with Crippen LogP contribution >= 0.6 is 11.3 Å². The van der Waals surface area contributed by atoms with Crippen molar-refractivity contribution in [2.24, 2.45) is 10.8 Å².